The second-order valence-corrected chi connectivity index (χ2v) is 7.07. The number of aromatic nitrogens is 3. The fraction of sp³-hybridized carbons (Fsp3) is 0.250. The summed E-state index contributed by atoms with van der Waals surface area (Å²) < 4.78 is 7.16. The number of nitrogens with zero attached hydrogens (tertiary/aromatic N) is 3. The third kappa shape index (κ3) is 3.80. The zero-order chi connectivity index (χ0) is 18.7. The van der Waals surface area contributed by atoms with Crippen molar-refractivity contribution in [1.82, 2.24) is 14.8 Å². The Hall–Kier alpha value is -2.60. The van der Waals surface area contributed by atoms with E-state index < -0.39 is 0 Å². The van der Waals surface area contributed by atoms with Crippen LogP contribution in [0.4, 0.5) is 0 Å². The van der Waals surface area contributed by atoms with Gasteiger partial charge in [-0.3, -0.25) is 4.79 Å². The number of rotatable bonds is 6. The van der Waals surface area contributed by atoms with E-state index in [9.17, 15) is 4.79 Å². The molecule has 0 atom stereocenters. The maximum absolute atomic E-state index is 12.6. The highest BCUT2D eigenvalue weighted by Gasteiger charge is 2.15. The van der Waals surface area contributed by atoms with Gasteiger partial charge in [0.2, 0.25) is 0 Å². The van der Waals surface area contributed by atoms with Gasteiger partial charge < -0.3 is 9.30 Å². The number of thioether (sulfide) groups is 1. The van der Waals surface area contributed by atoms with Crippen molar-refractivity contribution < 1.29 is 9.53 Å². The first-order valence-electron chi connectivity index (χ1n) is 8.26. The lowest BCUT2D eigenvalue weighted by Crippen LogP contribution is -2.06. The van der Waals surface area contributed by atoms with Crippen molar-refractivity contribution in [2.24, 2.45) is 7.05 Å². The smallest absolute Gasteiger partial charge is 0.191 e. The van der Waals surface area contributed by atoms with Crippen LogP contribution in [0.5, 0.6) is 5.75 Å². The molecule has 0 amide bonds. The third-order valence-corrected chi connectivity index (χ3v) is 5.21. The summed E-state index contributed by atoms with van der Waals surface area (Å²) in [5.41, 5.74) is 3.78. The monoisotopic (exact) mass is 367 g/mol. The van der Waals surface area contributed by atoms with E-state index >= 15 is 0 Å². The van der Waals surface area contributed by atoms with Crippen LogP contribution in [0.25, 0.3) is 11.4 Å². The molecule has 0 spiro atoms. The van der Waals surface area contributed by atoms with Gasteiger partial charge in [0.15, 0.2) is 16.8 Å². The van der Waals surface area contributed by atoms with Crippen molar-refractivity contribution in [2.75, 3.05) is 12.9 Å². The van der Waals surface area contributed by atoms with Crippen LogP contribution in [-0.2, 0) is 7.05 Å². The molecule has 0 radical (unpaired) electrons. The minimum Gasteiger partial charge on any atom is -0.497 e. The molecule has 0 aliphatic heterocycles. The van der Waals surface area contributed by atoms with Crippen LogP contribution in [-0.4, -0.2) is 33.4 Å². The van der Waals surface area contributed by atoms with Crippen LogP contribution in [0.1, 0.15) is 21.5 Å². The maximum atomic E-state index is 12.6. The summed E-state index contributed by atoms with van der Waals surface area (Å²) in [5.74, 6) is 1.94. The van der Waals surface area contributed by atoms with Gasteiger partial charge in [-0.25, -0.2) is 0 Å². The molecule has 2 aromatic carbocycles. The minimum atomic E-state index is 0.0992. The first kappa shape index (κ1) is 18.2. The Bertz CT molecular complexity index is 950. The second-order valence-electron chi connectivity index (χ2n) is 6.13. The zero-order valence-corrected chi connectivity index (χ0v) is 16.1. The molecule has 3 aromatic rings. The number of methoxy groups -OCH3 is 1. The summed E-state index contributed by atoms with van der Waals surface area (Å²) in [5, 5.41) is 9.21. The summed E-state index contributed by atoms with van der Waals surface area (Å²) >= 11 is 1.40. The zero-order valence-electron chi connectivity index (χ0n) is 15.3. The number of hydrogen-bond donors (Lipinski definition) is 0. The fourth-order valence-corrected chi connectivity index (χ4v) is 3.49. The molecule has 1 aromatic heterocycles. The highest BCUT2D eigenvalue weighted by atomic mass is 32.2. The number of aryl methyl sites for hydroxylation is 2. The average Bonchev–Trinajstić information content (AvgIpc) is 3.02. The van der Waals surface area contributed by atoms with E-state index in [2.05, 4.69) is 10.2 Å². The van der Waals surface area contributed by atoms with E-state index in [4.69, 9.17) is 4.74 Å². The first-order chi connectivity index (χ1) is 12.5. The van der Waals surface area contributed by atoms with Gasteiger partial charge in [-0.15, -0.1) is 10.2 Å². The summed E-state index contributed by atoms with van der Waals surface area (Å²) in [4.78, 5) is 12.6. The molecule has 1 heterocycles. The molecule has 26 heavy (non-hydrogen) atoms. The molecule has 0 N–H and O–H groups in total. The summed E-state index contributed by atoms with van der Waals surface area (Å²) in [6, 6.07) is 13.6. The molecule has 3 rings (SSSR count). The molecule has 0 saturated heterocycles. The van der Waals surface area contributed by atoms with E-state index in [0.717, 1.165) is 33.8 Å². The summed E-state index contributed by atoms with van der Waals surface area (Å²) in [6.45, 7) is 3.95. The largest absolute Gasteiger partial charge is 0.497 e. The minimum absolute atomic E-state index is 0.0992. The number of ether oxygens (including phenoxy) is 1. The Morgan fingerprint density at radius 2 is 1.96 bits per heavy atom. The Morgan fingerprint density at radius 3 is 2.73 bits per heavy atom. The molecule has 0 bridgehead atoms. The quantitative estimate of drug-likeness (QED) is 0.485. The van der Waals surface area contributed by atoms with Crippen LogP contribution in [0.3, 0.4) is 0 Å². The lowest BCUT2D eigenvalue weighted by molar-refractivity contribution is 0.102. The maximum Gasteiger partial charge on any atom is 0.191 e. The van der Waals surface area contributed by atoms with E-state index in [1.165, 1.54) is 11.8 Å². The van der Waals surface area contributed by atoms with E-state index in [1.54, 1.807) is 7.11 Å². The SMILES string of the molecule is COc1cccc(-c2nnc(SCC(=O)c3cc(C)ccc3C)n2C)c1. The van der Waals surface area contributed by atoms with Gasteiger partial charge in [0.05, 0.1) is 12.9 Å². The Morgan fingerprint density at radius 1 is 1.15 bits per heavy atom. The van der Waals surface area contributed by atoms with Crippen molar-refractivity contribution >= 4 is 17.5 Å². The topological polar surface area (TPSA) is 57.0 Å². The number of ketones is 1. The van der Waals surface area contributed by atoms with Crippen molar-refractivity contribution in [3.63, 3.8) is 0 Å². The molecule has 0 unspecified atom stereocenters. The van der Waals surface area contributed by atoms with Crippen LogP contribution >= 0.6 is 11.8 Å². The van der Waals surface area contributed by atoms with Crippen LogP contribution in [0, 0.1) is 13.8 Å². The molecule has 6 heteroatoms. The Labute approximate surface area is 157 Å². The van der Waals surface area contributed by atoms with E-state index in [-0.39, 0.29) is 5.78 Å². The van der Waals surface area contributed by atoms with E-state index in [0.29, 0.717) is 10.9 Å². The number of carbonyl (C=O) groups excluding carboxylic acids is 1. The van der Waals surface area contributed by atoms with Gasteiger partial charge in [0, 0.05) is 18.2 Å². The highest BCUT2D eigenvalue weighted by Crippen LogP contribution is 2.26. The van der Waals surface area contributed by atoms with Gasteiger partial charge in [-0.05, 0) is 37.6 Å². The Kier molecular flexibility index (Phi) is 5.42. The van der Waals surface area contributed by atoms with Gasteiger partial charge in [-0.1, -0.05) is 41.6 Å². The fourth-order valence-electron chi connectivity index (χ4n) is 2.70. The lowest BCUT2D eigenvalue weighted by Gasteiger charge is -2.07. The predicted molar refractivity (Wildman–Crippen MR) is 104 cm³/mol. The molecule has 0 saturated carbocycles. The molecule has 5 nitrogen and oxygen atoms in total. The van der Waals surface area contributed by atoms with E-state index in [1.807, 2.05) is 67.9 Å². The lowest BCUT2D eigenvalue weighted by atomic mass is 10.0. The molecular weight excluding hydrogens is 346 g/mol. The summed E-state index contributed by atoms with van der Waals surface area (Å²) in [6.07, 6.45) is 0. The van der Waals surface area contributed by atoms with Gasteiger partial charge in [0.1, 0.15) is 5.75 Å². The van der Waals surface area contributed by atoms with Crippen molar-refractivity contribution in [1.29, 1.82) is 0 Å². The highest BCUT2D eigenvalue weighted by molar-refractivity contribution is 7.99. The Balaban J connectivity index is 1.76. The van der Waals surface area contributed by atoms with Crippen LogP contribution in [0.2, 0.25) is 0 Å². The molecular formula is C20H21N3O2S. The normalized spacial score (nSPS) is 10.8. The van der Waals surface area contributed by atoms with Gasteiger partial charge in [-0.2, -0.15) is 0 Å². The first-order valence-corrected chi connectivity index (χ1v) is 9.25. The predicted octanol–water partition coefficient (Wildman–Crippen LogP) is 4.08. The number of Topliss-reactive ketones (excluding diaryl/α,β-unsaturated/α-hetero) is 1. The second kappa shape index (κ2) is 7.74. The molecule has 0 fully saturated rings. The number of benzene rings is 2. The van der Waals surface area contributed by atoms with Crippen LogP contribution in [0.15, 0.2) is 47.6 Å². The number of hydrogen-bond acceptors (Lipinski definition) is 5. The van der Waals surface area contributed by atoms with Crippen LogP contribution < -0.4 is 4.74 Å². The molecule has 0 aliphatic rings. The van der Waals surface area contributed by atoms with Crippen molar-refractivity contribution in [2.45, 2.75) is 19.0 Å². The van der Waals surface area contributed by atoms with Gasteiger partial charge in [0.25, 0.3) is 0 Å². The van der Waals surface area contributed by atoms with Gasteiger partial charge >= 0.3 is 0 Å². The third-order valence-electron chi connectivity index (χ3n) is 4.19. The summed E-state index contributed by atoms with van der Waals surface area (Å²) in [7, 11) is 3.54. The van der Waals surface area contributed by atoms with Crippen molar-refractivity contribution in [3.8, 4) is 17.1 Å². The van der Waals surface area contributed by atoms with Crippen molar-refractivity contribution in [3.05, 3.63) is 59.2 Å². The molecule has 0 aliphatic carbocycles. The molecule has 134 valence electrons. The standard InChI is InChI=1S/C20H21N3O2S/c1-13-8-9-14(2)17(10-13)18(24)12-26-20-22-21-19(23(20)3)15-6-5-7-16(11-15)25-4/h5-11H,12H2,1-4H3. The number of carbonyl (C=O) groups is 1. The average molecular weight is 367 g/mol.